The van der Waals surface area contributed by atoms with Crippen molar-refractivity contribution < 1.29 is 8.42 Å². The van der Waals surface area contributed by atoms with Gasteiger partial charge in [0.25, 0.3) is 0 Å². The number of sulfone groups is 1. The van der Waals surface area contributed by atoms with Gasteiger partial charge in [0, 0.05) is 19.0 Å². The van der Waals surface area contributed by atoms with Crippen LogP contribution in [0.5, 0.6) is 0 Å². The molecule has 8 heteroatoms. The van der Waals surface area contributed by atoms with Crippen molar-refractivity contribution in [3.63, 3.8) is 0 Å². The predicted molar refractivity (Wildman–Crippen MR) is 79.1 cm³/mol. The first-order chi connectivity index (χ1) is 9.95. The molecule has 2 aromatic heterocycles. The summed E-state index contributed by atoms with van der Waals surface area (Å²) in [5.41, 5.74) is 2.11. The Labute approximate surface area is 121 Å². The largest absolute Gasteiger partial charge is 0.338 e. The number of nitrogens with zero attached hydrogens (tertiary/aromatic N) is 4. The van der Waals surface area contributed by atoms with E-state index in [4.69, 9.17) is 0 Å². The third-order valence-corrected chi connectivity index (χ3v) is 4.17. The molecule has 0 fully saturated rings. The SMILES string of the molecule is Cn1cnc2c(Nc3ccc(S(C)(=O)=O)cc3)ncnc21. The van der Waals surface area contributed by atoms with Gasteiger partial charge >= 0.3 is 0 Å². The van der Waals surface area contributed by atoms with Crippen LogP contribution in [0.4, 0.5) is 11.5 Å². The van der Waals surface area contributed by atoms with Gasteiger partial charge in [0.05, 0.1) is 11.2 Å². The van der Waals surface area contributed by atoms with Crippen LogP contribution in [0.15, 0.2) is 41.8 Å². The minimum absolute atomic E-state index is 0.277. The lowest BCUT2D eigenvalue weighted by molar-refractivity contribution is 0.602. The van der Waals surface area contributed by atoms with Crippen molar-refractivity contribution in [1.29, 1.82) is 0 Å². The van der Waals surface area contributed by atoms with Crippen molar-refractivity contribution in [2.24, 2.45) is 7.05 Å². The number of aryl methyl sites for hydroxylation is 1. The van der Waals surface area contributed by atoms with Crippen LogP contribution in [-0.4, -0.2) is 34.2 Å². The van der Waals surface area contributed by atoms with Crippen LogP contribution >= 0.6 is 0 Å². The summed E-state index contributed by atoms with van der Waals surface area (Å²) in [6, 6.07) is 6.48. The van der Waals surface area contributed by atoms with Gasteiger partial charge in [-0.3, -0.25) is 0 Å². The molecule has 3 aromatic rings. The molecule has 1 N–H and O–H groups in total. The highest BCUT2D eigenvalue weighted by Gasteiger charge is 2.10. The molecule has 21 heavy (non-hydrogen) atoms. The Bertz CT molecular complexity index is 900. The molecular weight excluding hydrogens is 290 g/mol. The summed E-state index contributed by atoms with van der Waals surface area (Å²) >= 11 is 0. The van der Waals surface area contributed by atoms with Crippen molar-refractivity contribution in [3.05, 3.63) is 36.9 Å². The minimum Gasteiger partial charge on any atom is -0.338 e. The Morgan fingerprint density at radius 3 is 2.48 bits per heavy atom. The molecule has 0 unspecified atom stereocenters. The molecule has 2 heterocycles. The van der Waals surface area contributed by atoms with Gasteiger partial charge in [-0.1, -0.05) is 0 Å². The van der Waals surface area contributed by atoms with Gasteiger partial charge in [-0.15, -0.1) is 0 Å². The van der Waals surface area contributed by atoms with Crippen LogP contribution in [0, 0.1) is 0 Å². The van der Waals surface area contributed by atoms with E-state index in [2.05, 4.69) is 20.3 Å². The summed E-state index contributed by atoms with van der Waals surface area (Å²) in [5.74, 6) is 0.577. The second-order valence-corrected chi connectivity index (χ2v) is 6.69. The number of benzene rings is 1. The average Bonchev–Trinajstić information content (AvgIpc) is 2.82. The summed E-state index contributed by atoms with van der Waals surface area (Å²) in [6.07, 6.45) is 4.30. The second kappa shape index (κ2) is 4.81. The average molecular weight is 303 g/mol. The first-order valence-corrected chi connectivity index (χ1v) is 8.03. The fourth-order valence-electron chi connectivity index (χ4n) is 1.96. The van der Waals surface area contributed by atoms with Gasteiger partial charge in [0.15, 0.2) is 26.8 Å². The molecule has 1 aromatic carbocycles. The van der Waals surface area contributed by atoms with E-state index in [1.54, 1.807) is 35.2 Å². The number of nitrogens with one attached hydrogen (secondary N) is 1. The maximum Gasteiger partial charge on any atom is 0.175 e. The maximum atomic E-state index is 11.4. The first-order valence-electron chi connectivity index (χ1n) is 6.14. The van der Waals surface area contributed by atoms with Gasteiger partial charge in [-0.05, 0) is 24.3 Å². The topological polar surface area (TPSA) is 89.8 Å². The van der Waals surface area contributed by atoms with Crippen LogP contribution in [0.1, 0.15) is 0 Å². The molecule has 0 saturated heterocycles. The predicted octanol–water partition coefficient (Wildman–Crippen LogP) is 1.51. The third kappa shape index (κ3) is 2.57. The molecule has 0 radical (unpaired) electrons. The minimum atomic E-state index is -3.19. The zero-order valence-corrected chi connectivity index (χ0v) is 12.3. The lowest BCUT2D eigenvalue weighted by atomic mass is 10.3. The summed E-state index contributed by atoms with van der Waals surface area (Å²) in [5, 5.41) is 3.12. The van der Waals surface area contributed by atoms with Gasteiger partial charge < -0.3 is 9.88 Å². The van der Waals surface area contributed by atoms with E-state index < -0.39 is 9.84 Å². The highest BCUT2D eigenvalue weighted by atomic mass is 32.2. The smallest absolute Gasteiger partial charge is 0.175 e. The first kappa shape index (κ1) is 13.5. The summed E-state index contributed by atoms with van der Waals surface area (Å²) < 4.78 is 24.7. The summed E-state index contributed by atoms with van der Waals surface area (Å²) in [7, 11) is -1.34. The van der Waals surface area contributed by atoms with Crippen LogP contribution in [-0.2, 0) is 16.9 Å². The van der Waals surface area contributed by atoms with Gasteiger partial charge in [-0.2, -0.15) is 0 Å². The fourth-order valence-corrected chi connectivity index (χ4v) is 2.59. The number of rotatable bonds is 3. The maximum absolute atomic E-state index is 11.4. The van der Waals surface area contributed by atoms with E-state index in [0.717, 1.165) is 11.3 Å². The van der Waals surface area contributed by atoms with E-state index in [1.165, 1.54) is 12.6 Å². The van der Waals surface area contributed by atoms with Crippen molar-refractivity contribution in [1.82, 2.24) is 19.5 Å². The number of hydrogen-bond acceptors (Lipinski definition) is 6. The molecule has 0 bridgehead atoms. The molecule has 0 aliphatic rings. The van der Waals surface area contributed by atoms with Gasteiger partial charge in [0.2, 0.25) is 0 Å². The van der Waals surface area contributed by atoms with Gasteiger partial charge in [0.1, 0.15) is 6.33 Å². The van der Waals surface area contributed by atoms with Crippen molar-refractivity contribution >= 4 is 32.5 Å². The molecule has 108 valence electrons. The Balaban J connectivity index is 1.95. The Morgan fingerprint density at radius 2 is 1.81 bits per heavy atom. The molecule has 0 aliphatic carbocycles. The number of imidazole rings is 1. The lowest BCUT2D eigenvalue weighted by Gasteiger charge is -2.06. The third-order valence-electron chi connectivity index (χ3n) is 3.04. The van der Waals surface area contributed by atoms with E-state index in [-0.39, 0.29) is 4.90 Å². The molecule has 0 spiro atoms. The van der Waals surface area contributed by atoms with E-state index >= 15 is 0 Å². The van der Waals surface area contributed by atoms with Gasteiger partial charge in [-0.25, -0.2) is 23.4 Å². The summed E-state index contributed by atoms with van der Waals surface area (Å²) in [4.78, 5) is 12.9. The fraction of sp³-hybridized carbons (Fsp3) is 0.154. The normalized spacial score (nSPS) is 11.7. The Kier molecular flexibility index (Phi) is 3.09. The molecule has 0 aliphatic heterocycles. The molecule has 0 atom stereocenters. The van der Waals surface area contributed by atoms with Crippen molar-refractivity contribution in [2.45, 2.75) is 4.90 Å². The van der Waals surface area contributed by atoms with E-state index in [0.29, 0.717) is 11.3 Å². The highest BCUT2D eigenvalue weighted by Crippen LogP contribution is 2.22. The van der Waals surface area contributed by atoms with Crippen LogP contribution in [0.3, 0.4) is 0 Å². The molecule has 0 saturated carbocycles. The zero-order valence-electron chi connectivity index (χ0n) is 11.5. The highest BCUT2D eigenvalue weighted by molar-refractivity contribution is 7.90. The standard InChI is InChI=1S/C13H13N5O2S/c1-18-8-16-11-12(14-7-15-13(11)18)17-9-3-5-10(6-4-9)21(2,19)20/h3-8H,1-2H3,(H,14,15,17). The van der Waals surface area contributed by atoms with Crippen LogP contribution in [0.25, 0.3) is 11.2 Å². The Morgan fingerprint density at radius 1 is 1.10 bits per heavy atom. The van der Waals surface area contributed by atoms with Crippen LogP contribution < -0.4 is 5.32 Å². The molecule has 0 amide bonds. The van der Waals surface area contributed by atoms with E-state index in [1.807, 2.05) is 7.05 Å². The Hall–Kier alpha value is -2.48. The number of aromatic nitrogens is 4. The monoisotopic (exact) mass is 303 g/mol. The quantitative estimate of drug-likeness (QED) is 0.789. The molecule has 7 nitrogen and oxygen atoms in total. The zero-order chi connectivity index (χ0) is 15.0. The number of fused-ring (bicyclic) bond motifs is 1. The van der Waals surface area contributed by atoms with E-state index in [9.17, 15) is 8.42 Å². The second-order valence-electron chi connectivity index (χ2n) is 4.67. The molecular formula is C13H13N5O2S. The van der Waals surface area contributed by atoms with Crippen LogP contribution in [0.2, 0.25) is 0 Å². The summed E-state index contributed by atoms with van der Waals surface area (Å²) in [6.45, 7) is 0. The van der Waals surface area contributed by atoms with Crippen molar-refractivity contribution in [2.75, 3.05) is 11.6 Å². The molecule has 3 rings (SSSR count). The van der Waals surface area contributed by atoms with Crippen molar-refractivity contribution in [3.8, 4) is 0 Å². The number of hydrogen-bond donors (Lipinski definition) is 1. The lowest BCUT2D eigenvalue weighted by Crippen LogP contribution is -1.99. The number of anilines is 2.